The summed E-state index contributed by atoms with van der Waals surface area (Å²) in [6, 6.07) is 6.63. The number of unbranched alkanes of at least 4 members (excludes halogenated alkanes) is 1. The van der Waals surface area contributed by atoms with Crippen molar-refractivity contribution in [2.24, 2.45) is 11.3 Å². The molecule has 0 aromatic heterocycles. The van der Waals surface area contributed by atoms with E-state index in [1.165, 1.54) is 25.2 Å². The predicted octanol–water partition coefficient (Wildman–Crippen LogP) is 4.01. The molecule has 1 aliphatic carbocycles. The Morgan fingerprint density at radius 2 is 1.92 bits per heavy atom. The van der Waals surface area contributed by atoms with Crippen molar-refractivity contribution in [3.05, 3.63) is 58.7 Å². The van der Waals surface area contributed by atoms with E-state index in [1.807, 2.05) is 6.92 Å². The maximum absolute atomic E-state index is 12.1. The molecular weight excluding hydrogens is 356 g/mol. The number of allylic oxidation sites excluding steroid dienone is 2. The molecule has 0 saturated carbocycles. The number of rotatable bonds is 7. The van der Waals surface area contributed by atoms with Gasteiger partial charge in [0.1, 0.15) is 0 Å². The average molecular weight is 379 g/mol. The van der Waals surface area contributed by atoms with Gasteiger partial charge < -0.3 is 15.3 Å². The molecule has 3 unspecified atom stereocenters. The molecule has 0 amide bonds. The quantitative estimate of drug-likeness (QED) is 0.666. The lowest BCUT2D eigenvalue weighted by atomic mass is 9.59. The number of carboxylic acid groups (broad SMARTS) is 2. The van der Waals surface area contributed by atoms with Gasteiger partial charge >= 0.3 is 11.9 Å². The Kier molecular flexibility index (Phi) is 5.94. The summed E-state index contributed by atoms with van der Waals surface area (Å²) in [5, 5.41) is 31.6. The summed E-state index contributed by atoms with van der Waals surface area (Å²) < 4.78 is 0. The van der Waals surface area contributed by atoms with E-state index in [4.69, 9.17) is 11.6 Å². The van der Waals surface area contributed by atoms with Crippen LogP contribution in [0.25, 0.3) is 0 Å². The molecule has 0 bridgehead atoms. The Morgan fingerprint density at radius 3 is 2.46 bits per heavy atom. The van der Waals surface area contributed by atoms with Gasteiger partial charge in [-0.05, 0) is 19.4 Å². The standard InChI is InChI=1S/C20H23ClO5/c1-3-4-12-20(26,14-9-5-6-10-15(14)21)16-13(17(22)23)8-7-11-19(16,2)18(24)25/h5-11,16,26H,3-4,12H2,1-2H3,(H,22,23)(H,24,25). The number of hydrogen-bond donors (Lipinski definition) is 3. The molecule has 0 saturated heterocycles. The average Bonchev–Trinajstić information content (AvgIpc) is 2.59. The molecule has 5 nitrogen and oxygen atoms in total. The predicted molar refractivity (Wildman–Crippen MR) is 99.0 cm³/mol. The zero-order chi connectivity index (χ0) is 19.5. The lowest BCUT2D eigenvalue weighted by Crippen LogP contribution is -2.50. The third-order valence-corrected chi connectivity index (χ3v) is 5.40. The van der Waals surface area contributed by atoms with Crippen molar-refractivity contribution in [1.82, 2.24) is 0 Å². The van der Waals surface area contributed by atoms with Gasteiger partial charge in [0.15, 0.2) is 0 Å². The smallest absolute Gasteiger partial charge is 0.332 e. The van der Waals surface area contributed by atoms with E-state index in [0.29, 0.717) is 12.0 Å². The molecule has 0 fully saturated rings. The Morgan fingerprint density at radius 1 is 1.27 bits per heavy atom. The minimum absolute atomic E-state index is 0.143. The van der Waals surface area contributed by atoms with Gasteiger partial charge in [0, 0.05) is 22.1 Å². The van der Waals surface area contributed by atoms with Gasteiger partial charge in [-0.3, -0.25) is 4.79 Å². The largest absolute Gasteiger partial charge is 0.481 e. The molecule has 0 spiro atoms. The Bertz CT molecular complexity index is 769. The fourth-order valence-corrected chi connectivity index (χ4v) is 4.00. The molecule has 2 rings (SSSR count). The summed E-state index contributed by atoms with van der Waals surface area (Å²) in [4.78, 5) is 23.9. The van der Waals surface area contributed by atoms with Gasteiger partial charge in [0.2, 0.25) is 0 Å². The maximum Gasteiger partial charge on any atom is 0.332 e. The molecule has 0 heterocycles. The number of aliphatic hydroxyl groups is 1. The molecule has 1 aromatic carbocycles. The highest BCUT2D eigenvalue weighted by molar-refractivity contribution is 6.31. The lowest BCUT2D eigenvalue weighted by Gasteiger charge is -2.45. The van der Waals surface area contributed by atoms with Crippen molar-refractivity contribution in [3.8, 4) is 0 Å². The Hall–Kier alpha value is -2.11. The fraction of sp³-hybridized carbons (Fsp3) is 0.400. The molecule has 3 atom stereocenters. The first-order chi connectivity index (χ1) is 12.2. The third-order valence-electron chi connectivity index (χ3n) is 5.07. The first kappa shape index (κ1) is 20.2. The molecular formula is C20H23ClO5. The number of benzene rings is 1. The molecule has 1 aliphatic rings. The van der Waals surface area contributed by atoms with Crippen LogP contribution in [0.1, 0.15) is 38.7 Å². The van der Waals surface area contributed by atoms with Gasteiger partial charge in [-0.25, -0.2) is 4.79 Å². The van der Waals surface area contributed by atoms with E-state index in [1.54, 1.807) is 24.3 Å². The van der Waals surface area contributed by atoms with Crippen LogP contribution in [-0.4, -0.2) is 27.3 Å². The van der Waals surface area contributed by atoms with Crippen molar-refractivity contribution in [2.75, 3.05) is 0 Å². The minimum atomic E-state index is -1.74. The van der Waals surface area contributed by atoms with Crippen molar-refractivity contribution >= 4 is 23.5 Å². The van der Waals surface area contributed by atoms with Crippen LogP contribution in [0.5, 0.6) is 0 Å². The van der Waals surface area contributed by atoms with Gasteiger partial charge in [-0.2, -0.15) is 0 Å². The SMILES string of the molecule is CCCCC(O)(c1ccccc1Cl)C1C(C(=O)O)=CC=CC1(C)C(=O)O. The van der Waals surface area contributed by atoms with Gasteiger partial charge in [-0.15, -0.1) is 0 Å². The minimum Gasteiger partial charge on any atom is -0.481 e. The Labute approximate surface area is 157 Å². The van der Waals surface area contributed by atoms with Crippen LogP contribution < -0.4 is 0 Å². The highest BCUT2D eigenvalue weighted by Crippen LogP contribution is 2.52. The van der Waals surface area contributed by atoms with Crippen LogP contribution >= 0.6 is 11.6 Å². The van der Waals surface area contributed by atoms with Crippen LogP contribution in [0.4, 0.5) is 0 Å². The first-order valence-electron chi connectivity index (χ1n) is 8.52. The summed E-state index contributed by atoms with van der Waals surface area (Å²) >= 11 is 6.31. The zero-order valence-electron chi connectivity index (χ0n) is 14.8. The van der Waals surface area contributed by atoms with Gasteiger partial charge in [-0.1, -0.05) is 67.8 Å². The second-order valence-corrected chi connectivity index (χ2v) is 7.22. The molecule has 6 heteroatoms. The molecule has 0 aliphatic heterocycles. The monoisotopic (exact) mass is 378 g/mol. The Balaban J connectivity index is 2.76. The highest BCUT2D eigenvalue weighted by atomic mass is 35.5. The van der Waals surface area contributed by atoms with Crippen molar-refractivity contribution in [3.63, 3.8) is 0 Å². The normalized spacial score (nSPS) is 24.6. The highest BCUT2D eigenvalue weighted by Gasteiger charge is 2.55. The van der Waals surface area contributed by atoms with Crippen molar-refractivity contribution in [1.29, 1.82) is 0 Å². The van der Waals surface area contributed by atoms with Crippen molar-refractivity contribution in [2.45, 2.75) is 38.7 Å². The van der Waals surface area contributed by atoms with E-state index in [9.17, 15) is 24.9 Å². The fourth-order valence-electron chi connectivity index (χ4n) is 3.70. The number of carboxylic acids is 2. The second kappa shape index (κ2) is 7.64. The van der Waals surface area contributed by atoms with E-state index in [2.05, 4.69) is 0 Å². The van der Waals surface area contributed by atoms with Crippen LogP contribution in [0.3, 0.4) is 0 Å². The maximum atomic E-state index is 12.1. The molecule has 26 heavy (non-hydrogen) atoms. The summed E-state index contributed by atoms with van der Waals surface area (Å²) in [7, 11) is 0. The molecule has 1 aromatic rings. The van der Waals surface area contributed by atoms with Crippen LogP contribution in [0, 0.1) is 11.3 Å². The number of carbonyl (C=O) groups is 2. The van der Waals surface area contributed by atoms with Crippen LogP contribution in [-0.2, 0) is 15.2 Å². The topological polar surface area (TPSA) is 94.8 Å². The van der Waals surface area contributed by atoms with E-state index >= 15 is 0 Å². The summed E-state index contributed by atoms with van der Waals surface area (Å²) in [5.41, 5.74) is -3.13. The second-order valence-electron chi connectivity index (χ2n) is 6.81. The molecule has 3 N–H and O–H groups in total. The first-order valence-corrected chi connectivity index (χ1v) is 8.89. The lowest BCUT2D eigenvalue weighted by molar-refractivity contribution is -0.156. The van der Waals surface area contributed by atoms with Crippen LogP contribution in [0.15, 0.2) is 48.1 Å². The summed E-state index contributed by atoms with van der Waals surface area (Å²) in [5.74, 6) is -3.65. The summed E-state index contributed by atoms with van der Waals surface area (Å²) in [6.07, 6.45) is 5.74. The summed E-state index contributed by atoms with van der Waals surface area (Å²) in [6.45, 7) is 3.37. The van der Waals surface area contributed by atoms with Crippen LogP contribution in [0.2, 0.25) is 5.02 Å². The van der Waals surface area contributed by atoms with Crippen molar-refractivity contribution < 1.29 is 24.9 Å². The number of halogens is 1. The molecule has 140 valence electrons. The zero-order valence-corrected chi connectivity index (χ0v) is 15.5. The van der Waals surface area contributed by atoms with E-state index in [0.717, 1.165) is 6.42 Å². The van der Waals surface area contributed by atoms with Gasteiger partial charge in [0.25, 0.3) is 0 Å². The van der Waals surface area contributed by atoms with E-state index in [-0.39, 0.29) is 17.0 Å². The molecule has 0 radical (unpaired) electrons. The third kappa shape index (κ3) is 3.41. The van der Waals surface area contributed by atoms with Gasteiger partial charge in [0.05, 0.1) is 11.0 Å². The number of aliphatic carboxylic acids is 2. The number of hydrogen-bond acceptors (Lipinski definition) is 3. The van der Waals surface area contributed by atoms with E-state index < -0.39 is 28.9 Å².